The Labute approximate surface area is 217 Å². The van der Waals surface area contributed by atoms with E-state index in [0.29, 0.717) is 39.1 Å². The van der Waals surface area contributed by atoms with Crippen LogP contribution < -0.4 is 14.8 Å². The fourth-order valence-corrected chi connectivity index (χ4v) is 5.25. The summed E-state index contributed by atoms with van der Waals surface area (Å²) >= 11 is 2.58. The molecule has 0 bridgehead atoms. The van der Waals surface area contributed by atoms with Crippen molar-refractivity contribution in [1.29, 1.82) is 0 Å². The Bertz CT molecular complexity index is 1720. The van der Waals surface area contributed by atoms with E-state index in [0.717, 1.165) is 33.0 Å². The van der Waals surface area contributed by atoms with Gasteiger partial charge in [-0.3, -0.25) is 4.79 Å². The molecule has 10 nitrogen and oxygen atoms in total. The first kappa shape index (κ1) is 23.0. The molecule has 6 rings (SSSR count). The van der Waals surface area contributed by atoms with E-state index in [2.05, 4.69) is 15.4 Å². The maximum atomic E-state index is 11.8. The second-order valence-electron chi connectivity index (χ2n) is 7.98. The van der Waals surface area contributed by atoms with Crippen molar-refractivity contribution >= 4 is 44.5 Å². The molecule has 0 unspecified atom stereocenters. The van der Waals surface area contributed by atoms with Gasteiger partial charge in [-0.2, -0.15) is 0 Å². The van der Waals surface area contributed by atoms with E-state index >= 15 is 0 Å². The molecule has 0 aliphatic rings. The number of imidazole rings is 1. The van der Waals surface area contributed by atoms with Gasteiger partial charge >= 0.3 is 0 Å². The summed E-state index contributed by atoms with van der Waals surface area (Å²) in [5.74, 6) is 1.60. The molecule has 2 aromatic carbocycles. The molecule has 0 saturated heterocycles. The van der Waals surface area contributed by atoms with Crippen molar-refractivity contribution in [3.05, 3.63) is 65.3 Å². The predicted octanol–water partition coefficient (Wildman–Crippen LogP) is 4.98. The summed E-state index contributed by atoms with van der Waals surface area (Å²) < 4.78 is 19.1. The van der Waals surface area contributed by atoms with Crippen LogP contribution in [0.3, 0.4) is 0 Å². The highest BCUT2D eigenvalue weighted by Crippen LogP contribution is 2.37. The van der Waals surface area contributed by atoms with Gasteiger partial charge in [-0.25, -0.2) is 14.5 Å². The normalized spacial score (nSPS) is 11.3. The third-order valence-electron chi connectivity index (χ3n) is 5.64. The summed E-state index contributed by atoms with van der Waals surface area (Å²) in [6, 6.07) is 12.8. The summed E-state index contributed by atoms with van der Waals surface area (Å²) in [4.78, 5) is 21.5. The number of nitrogens with zero attached hydrogens (tertiary/aromatic N) is 4. The number of amides is 1. The van der Waals surface area contributed by atoms with Gasteiger partial charge in [0.1, 0.15) is 34.4 Å². The molecule has 0 radical (unpaired) electrons. The van der Waals surface area contributed by atoms with Crippen LogP contribution >= 0.6 is 22.7 Å². The van der Waals surface area contributed by atoms with Crippen LogP contribution in [0.2, 0.25) is 0 Å². The summed E-state index contributed by atoms with van der Waals surface area (Å²) in [5.41, 5.74) is 3.47. The molecule has 4 heterocycles. The third-order valence-corrected chi connectivity index (χ3v) is 7.31. The van der Waals surface area contributed by atoms with Crippen LogP contribution in [0.5, 0.6) is 16.7 Å². The standard InChI is InChI=1S/C25H19N5O5S2/c1-26-22(31)13-3-5-14(6-4-13)23-27-15(12-36-23)11-34-19-7-16(33-2)8-20-17(19)9-21(35-20)18-10-30-24(28-18)37-25(32)29-30/h3-10,12H,11H2,1-2H3,(H,26,31)(H,29,32). The number of hydrogen-bond acceptors (Lipinski definition) is 10. The van der Waals surface area contributed by atoms with Crippen LogP contribution in [0.25, 0.3) is 38.0 Å². The smallest absolute Gasteiger partial charge is 0.291 e. The summed E-state index contributed by atoms with van der Waals surface area (Å²) in [6.45, 7) is 0.249. The number of furan rings is 1. The Balaban J connectivity index is 1.25. The zero-order valence-electron chi connectivity index (χ0n) is 19.6. The van der Waals surface area contributed by atoms with Gasteiger partial charge in [-0.15, -0.1) is 16.4 Å². The maximum Gasteiger partial charge on any atom is 0.291 e. The molecule has 6 aromatic rings. The SMILES string of the molecule is CNC(=O)c1ccc(-c2nc(COc3cc(OC)cc4oc(-c5cn6nc(O)sc6n5)cc34)cs2)cc1. The molecular weight excluding hydrogens is 514 g/mol. The number of rotatable bonds is 7. The van der Waals surface area contributed by atoms with Crippen molar-refractivity contribution in [3.8, 4) is 38.7 Å². The topological polar surface area (TPSA) is 124 Å². The van der Waals surface area contributed by atoms with Gasteiger partial charge in [-0.05, 0) is 29.5 Å². The first-order valence-electron chi connectivity index (χ1n) is 11.1. The first-order chi connectivity index (χ1) is 18.0. The van der Waals surface area contributed by atoms with E-state index in [1.165, 1.54) is 15.9 Å². The molecule has 186 valence electrons. The second kappa shape index (κ2) is 9.22. The quantitative estimate of drug-likeness (QED) is 0.294. The van der Waals surface area contributed by atoms with Crippen molar-refractivity contribution in [1.82, 2.24) is 24.9 Å². The summed E-state index contributed by atoms with van der Waals surface area (Å²) in [5, 5.41) is 19.6. The molecule has 1 amide bonds. The van der Waals surface area contributed by atoms with E-state index in [4.69, 9.17) is 18.9 Å². The lowest BCUT2D eigenvalue weighted by Crippen LogP contribution is -2.17. The van der Waals surface area contributed by atoms with Gasteiger partial charge in [0, 0.05) is 35.7 Å². The van der Waals surface area contributed by atoms with Crippen molar-refractivity contribution in [2.45, 2.75) is 6.61 Å². The number of nitrogens with one attached hydrogen (secondary N) is 1. The number of carbonyl (C=O) groups excluding carboxylic acids is 1. The molecule has 2 N–H and O–H groups in total. The largest absolute Gasteiger partial charge is 0.496 e. The van der Waals surface area contributed by atoms with Crippen LogP contribution in [0.1, 0.15) is 16.1 Å². The Hall–Kier alpha value is -4.42. The third kappa shape index (κ3) is 4.36. The molecule has 0 aliphatic carbocycles. The Kier molecular flexibility index (Phi) is 5.74. The highest BCUT2D eigenvalue weighted by molar-refractivity contribution is 7.18. The summed E-state index contributed by atoms with van der Waals surface area (Å²) in [6.07, 6.45) is 1.69. The number of fused-ring (bicyclic) bond motifs is 2. The Morgan fingerprint density at radius 1 is 1.19 bits per heavy atom. The lowest BCUT2D eigenvalue weighted by atomic mass is 10.1. The van der Waals surface area contributed by atoms with Crippen molar-refractivity contribution in [2.24, 2.45) is 0 Å². The van der Waals surface area contributed by atoms with Crippen molar-refractivity contribution in [3.63, 3.8) is 0 Å². The molecule has 0 aliphatic heterocycles. The van der Waals surface area contributed by atoms with Gasteiger partial charge in [-0.1, -0.05) is 12.1 Å². The molecule has 0 atom stereocenters. The fourth-order valence-electron chi connectivity index (χ4n) is 3.82. The monoisotopic (exact) mass is 533 g/mol. The number of hydrogen-bond donors (Lipinski definition) is 2. The van der Waals surface area contributed by atoms with Crippen LogP contribution in [0, 0.1) is 0 Å². The second-order valence-corrected chi connectivity index (χ2v) is 9.77. The van der Waals surface area contributed by atoms with E-state index in [1.807, 2.05) is 23.6 Å². The number of thiazole rings is 1. The van der Waals surface area contributed by atoms with Crippen LogP contribution in [-0.4, -0.2) is 44.8 Å². The fraction of sp³-hybridized carbons (Fsp3) is 0.120. The van der Waals surface area contributed by atoms with Gasteiger partial charge in [0.25, 0.3) is 11.1 Å². The molecule has 0 spiro atoms. The Morgan fingerprint density at radius 3 is 2.78 bits per heavy atom. The zero-order chi connectivity index (χ0) is 25.5. The number of aromatic nitrogens is 4. The van der Waals surface area contributed by atoms with Gasteiger partial charge in [0.2, 0.25) is 4.96 Å². The molecule has 12 heteroatoms. The lowest BCUT2D eigenvalue weighted by molar-refractivity contribution is 0.0963. The van der Waals surface area contributed by atoms with E-state index in [1.54, 1.807) is 44.6 Å². The predicted molar refractivity (Wildman–Crippen MR) is 140 cm³/mol. The zero-order valence-corrected chi connectivity index (χ0v) is 21.2. The van der Waals surface area contributed by atoms with E-state index < -0.39 is 0 Å². The molecular formula is C25H19N5O5S2. The van der Waals surface area contributed by atoms with Crippen LogP contribution in [0.4, 0.5) is 0 Å². The first-order valence-corrected chi connectivity index (χ1v) is 12.8. The minimum Gasteiger partial charge on any atom is -0.496 e. The number of ether oxygens (including phenoxy) is 2. The summed E-state index contributed by atoms with van der Waals surface area (Å²) in [7, 11) is 3.19. The minimum atomic E-state index is -0.129. The molecule has 0 fully saturated rings. The maximum absolute atomic E-state index is 11.8. The van der Waals surface area contributed by atoms with Crippen LogP contribution in [0.15, 0.2) is 58.5 Å². The van der Waals surface area contributed by atoms with Gasteiger partial charge in [0.15, 0.2) is 5.76 Å². The van der Waals surface area contributed by atoms with E-state index in [-0.39, 0.29) is 17.7 Å². The molecule has 37 heavy (non-hydrogen) atoms. The van der Waals surface area contributed by atoms with Crippen molar-refractivity contribution < 1.29 is 23.8 Å². The number of aromatic hydroxyl groups is 1. The van der Waals surface area contributed by atoms with Crippen LogP contribution in [-0.2, 0) is 6.61 Å². The average Bonchev–Trinajstić information content (AvgIpc) is 3.69. The average molecular weight is 534 g/mol. The molecule has 0 saturated carbocycles. The minimum absolute atomic E-state index is 0.0508. The number of carbonyl (C=O) groups is 1. The highest BCUT2D eigenvalue weighted by Gasteiger charge is 2.17. The van der Waals surface area contributed by atoms with Gasteiger partial charge in [0.05, 0.1) is 24.4 Å². The van der Waals surface area contributed by atoms with Gasteiger partial charge < -0.3 is 24.3 Å². The number of methoxy groups -OCH3 is 1. The highest BCUT2D eigenvalue weighted by atomic mass is 32.1. The van der Waals surface area contributed by atoms with E-state index in [9.17, 15) is 9.90 Å². The molecule has 4 aromatic heterocycles. The van der Waals surface area contributed by atoms with Crippen molar-refractivity contribution in [2.75, 3.05) is 14.2 Å². The Morgan fingerprint density at radius 2 is 2.03 bits per heavy atom. The number of benzene rings is 2. The lowest BCUT2D eigenvalue weighted by Gasteiger charge is -2.08.